The number of nitrogens with one attached hydrogen (secondary N) is 1. The monoisotopic (exact) mass is 260 g/mol. The average Bonchev–Trinajstić information content (AvgIpc) is 2.97. The van der Waals surface area contributed by atoms with E-state index in [4.69, 9.17) is 0 Å². The van der Waals surface area contributed by atoms with Gasteiger partial charge < -0.3 is 5.32 Å². The molecule has 1 aliphatic rings. The molecule has 5 heteroatoms. The number of carbonyl (C=O) groups excluding carboxylic acids is 1. The molecular formula is C14H20N4O. The van der Waals surface area contributed by atoms with E-state index in [0.717, 1.165) is 32.2 Å². The lowest BCUT2D eigenvalue weighted by molar-refractivity contribution is -0.129. The van der Waals surface area contributed by atoms with Crippen LogP contribution < -0.4 is 5.32 Å². The van der Waals surface area contributed by atoms with Gasteiger partial charge in [0.05, 0.1) is 6.07 Å². The van der Waals surface area contributed by atoms with E-state index in [1.165, 1.54) is 0 Å². The molecule has 0 radical (unpaired) electrons. The summed E-state index contributed by atoms with van der Waals surface area (Å²) in [5.74, 6) is -0.0878. The molecule has 0 unspecified atom stereocenters. The van der Waals surface area contributed by atoms with Crippen LogP contribution in [0.4, 0.5) is 0 Å². The molecule has 0 saturated heterocycles. The number of hydrogen-bond donors (Lipinski definition) is 1. The third kappa shape index (κ3) is 3.34. The van der Waals surface area contributed by atoms with Crippen LogP contribution in [0.1, 0.15) is 38.5 Å². The van der Waals surface area contributed by atoms with Crippen LogP contribution in [0.2, 0.25) is 0 Å². The zero-order valence-corrected chi connectivity index (χ0v) is 11.1. The molecule has 0 aliphatic heterocycles. The summed E-state index contributed by atoms with van der Waals surface area (Å²) >= 11 is 0. The Balaban J connectivity index is 1.75. The topological polar surface area (TPSA) is 70.7 Å². The van der Waals surface area contributed by atoms with Gasteiger partial charge in [-0.15, -0.1) is 0 Å². The second kappa shape index (κ2) is 6.37. The van der Waals surface area contributed by atoms with Gasteiger partial charge in [0.25, 0.3) is 0 Å². The van der Waals surface area contributed by atoms with Crippen molar-refractivity contribution in [1.29, 1.82) is 5.26 Å². The van der Waals surface area contributed by atoms with Crippen LogP contribution in [-0.2, 0) is 11.3 Å². The number of amides is 1. The Bertz CT molecular complexity index is 441. The standard InChI is InChI=1S/C14H20N4O/c15-12-14(6-2-1-3-7-14)13(19)16-8-4-10-18-11-5-9-17-18/h5,9,11H,1-4,6-8,10H2,(H,16,19). The van der Waals surface area contributed by atoms with Gasteiger partial charge in [-0.2, -0.15) is 10.4 Å². The third-order valence-electron chi connectivity index (χ3n) is 3.76. The van der Waals surface area contributed by atoms with Crippen LogP contribution in [0.15, 0.2) is 18.5 Å². The number of nitrogens with zero attached hydrogens (tertiary/aromatic N) is 3. The maximum atomic E-state index is 12.2. The van der Waals surface area contributed by atoms with Crippen molar-refractivity contribution in [3.63, 3.8) is 0 Å². The molecule has 1 saturated carbocycles. The minimum Gasteiger partial charge on any atom is -0.355 e. The van der Waals surface area contributed by atoms with E-state index in [0.29, 0.717) is 19.4 Å². The van der Waals surface area contributed by atoms with Crippen LogP contribution in [0.3, 0.4) is 0 Å². The summed E-state index contributed by atoms with van der Waals surface area (Å²) in [5.41, 5.74) is -0.774. The van der Waals surface area contributed by atoms with Crippen LogP contribution in [0.25, 0.3) is 0 Å². The van der Waals surface area contributed by atoms with Gasteiger partial charge in [0, 0.05) is 25.5 Å². The van der Waals surface area contributed by atoms with Crippen molar-refractivity contribution >= 4 is 5.91 Å². The summed E-state index contributed by atoms with van der Waals surface area (Å²) < 4.78 is 1.84. The quantitative estimate of drug-likeness (QED) is 0.821. The molecule has 1 N–H and O–H groups in total. The number of aromatic nitrogens is 2. The molecule has 0 spiro atoms. The lowest BCUT2D eigenvalue weighted by Crippen LogP contribution is -2.41. The molecule has 1 aliphatic carbocycles. The van der Waals surface area contributed by atoms with Crippen molar-refractivity contribution in [2.45, 2.75) is 45.1 Å². The van der Waals surface area contributed by atoms with Gasteiger partial charge >= 0.3 is 0 Å². The first-order valence-electron chi connectivity index (χ1n) is 6.94. The van der Waals surface area contributed by atoms with E-state index in [-0.39, 0.29) is 5.91 Å². The Labute approximate surface area is 113 Å². The molecule has 0 aromatic carbocycles. The Kier molecular flexibility index (Phi) is 4.56. The Morgan fingerprint density at radius 1 is 1.42 bits per heavy atom. The van der Waals surface area contributed by atoms with Crippen molar-refractivity contribution in [1.82, 2.24) is 15.1 Å². The number of carbonyl (C=O) groups is 1. The Morgan fingerprint density at radius 3 is 2.84 bits per heavy atom. The second-order valence-electron chi connectivity index (χ2n) is 5.13. The molecule has 1 amide bonds. The maximum Gasteiger partial charge on any atom is 0.240 e. The minimum absolute atomic E-state index is 0.0878. The number of hydrogen-bond acceptors (Lipinski definition) is 3. The second-order valence-corrected chi connectivity index (χ2v) is 5.13. The smallest absolute Gasteiger partial charge is 0.240 e. The van der Waals surface area contributed by atoms with Gasteiger partial charge in [-0.1, -0.05) is 19.3 Å². The highest BCUT2D eigenvalue weighted by Crippen LogP contribution is 2.35. The first-order chi connectivity index (χ1) is 9.27. The SMILES string of the molecule is N#CC1(C(=O)NCCCn2cccn2)CCCCC1. The molecule has 1 aromatic heterocycles. The summed E-state index contributed by atoms with van der Waals surface area (Å²) in [6.45, 7) is 1.38. The van der Waals surface area contributed by atoms with Crippen LogP contribution >= 0.6 is 0 Å². The van der Waals surface area contributed by atoms with E-state index in [2.05, 4.69) is 16.5 Å². The van der Waals surface area contributed by atoms with Crippen LogP contribution in [-0.4, -0.2) is 22.2 Å². The molecule has 0 bridgehead atoms. The van der Waals surface area contributed by atoms with Crippen LogP contribution in [0.5, 0.6) is 0 Å². The molecule has 1 heterocycles. The third-order valence-corrected chi connectivity index (χ3v) is 3.76. The van der Waals surface area contributed by atoms with Gasteiger partial charge in [0.2, 0.25) is 5.91 Å². The minimum atomic E-state index is -0.774. The fourth-order valence-corrected chi connectivity index (χ4v) is 2.59. The van der Waals surface area contributed by atoms with Crippen molar-refractivity contribution in [2.75, 3.05) is 6.54 Å². The van der Waals surface area contributed by atoms with Gasteiger partial charge in [-0.25, -0.2) is 0 Å². The summed E-state index contributed by atoms with van der Waals surface area (Å²) in [6.07, 6.45) is 8.97. The van der Waals surface area contributed by atoms with E-state index in [9.17, 15) is 10.1 Å². The predicted molar refractivity (Wildman–Crippen MR) is 71.0 cm³/mol. The average molecular weight is 260 g/mol. The van der Waals surface area contributed by atoms with Gasteiger partial charge in [-0.05, 0) is 25.3 Å². The largest absolute Gasteiger partial charge is 0.355 e. The molecule has 1 aromatic rings. The van der Waals surface area contributed by atoms with E-state index in [1.807, 2.05) is 16.9 Å². The molecule has 2 rings (SSSR count). The summed E-state index contributed by atoms with van der Waals surface area (Å²) in [6, 6.07) is 4.12. The fraction of sp³-hybridized carbons (Fsp3) is 0.643. The summed E-state index contributed by atoms with van der Waals surface area (Å²) in [4.78, 5) is 12.2. The van der Waals surface area contributed by atoms with Gasteiger partial charge in [-0.3, -0.25) is 9.48 Å². The van der Waals surface area contributed by atoms with E-state index in [1.54, 1.807) is 6.20 Å². The van der Waals surface area contributed by atoms with E-state index >= 15 is 0 Å². The highest BCUT2D eigenvalue weighted by molar-refractivity contribution is 5.85. The zero-order chi connectivity index (χ0) is 13.6. The van der Waals surface area contributed by atoms with Crippen LogP contribution in [0, 0.1) is 16.7 Å². The fourth-order valence-electron chi connectivity index (χ4n) is 2.59. The van der Waals surface area contributed by atoms with Gasteiger partial charge in [0.1, 0.15) is 5.41 Å². The van der Waals surface area contributed by atoms with E-state index < -0.39 is 5.41 Å². The van der Waals surface area contributed by atoms with Crippen molar-refractivity contribution in [2.24, 2.45) is 5.41 Å². The normalized spacial score (nSPS) is 17.6. The highest BCUT2D eigenvalue weighted by Gasteiger charge is 2.39. The number of nitriles is 1. The molecular weight excluding hydrogens is 240 g/mol. The predicted octanol–water partition coefficient (Wildman–Crippen LogP) is 1.86. The number of rotatable bonds is 5. The lowest BCUT2D eigenvalue weighted by Gasteiger charge is -2.29. The number of aryl methyl sites for hydroxylation is 1. The zero-order valence-electron chi connectivity index (χ0n) is 11.1. The summed E-state index contributed by atoms with van der Waals surface area (Å²) in [7, 11) is 0. The lowest BCUT2D eigenvalue weighted by atomic mass is 9.74. The van der Waals surface area contributed by atoms with Gasteiger partial charge in [0.15, 0.2) is 0 Å². The Morgan fingerprint density at radius 2 is 2.21 bits per heavy atom. The highest BCUT2D eigenvalue weighted by atomic mass is 16.2. The first kappa shape index (κ1) is 13.6. The van der Waals surface area contributed by atoms with Crippen molar-refractivity contribution in [3.05, 3.63) is 18.5 Å². The van der Waals surface area contributed by atoms with Crippen molar-refractivity contribution < 1.29 is 4.79 Å². The maximum absolute atomic E-state index is 12.2. The molecule has 19 heavy (non-hydrogen) atoms. The first-order valence-corrected chi connectivity index (χ1v) is 6.94. The molecule has 1 fully saturated rings. The summed E-state index contributed by atoms with van der Waals surface area (Å²) in [5, 5.41) is 16.3. The molecule has 5 nitrogen and oxygen atoms in total. The molecule has 0 atom stereocenters. The Hall–Kier alpha value is -1.83. The van der Waals surface area contributed by atoms with Crippen molar-refractivity contribution in [3.8, 4) is 6.07 Å². The molecule has 102 valence electrons.